The van der Waals surface area contributed by atoms with E-state index in [0.29, 0.717) is 18.6 Å². The zero-order valence-corrected chi connectivity index (χ0v) is 22.9. The number of aryl methyl sites for hydroxylation is 1. The lowest BCUT2D eigenvalue weighted by Gasteiger charge is -2.59. The van der Waals surface area contributed by atoms with Gasteiger partial charge in [0.25, 0.3) is 0 Å². The lowest BCUT2D eigenvalue weighted by Crippen LogP contribution is -2.63. The van der Waals surface area contributed by atoms with Gasteiger partial charge >= 0.3 is 12.1 Å². The van der Waals surface area contributed by atoms with E-state index in [-0.39, 0.29) is 48.7 Å². The van der Waals surface area contributed by atoms with E-state index in [4.69, 9.17) is 18.6 Å². The highest BCUT2D eigenvalue weighted by molar-refractivity contribution is 6.01. The molecule has 5 rings (SSSR count). The number of hydrogen-bond acceptors (Lipinski definition) is 9. The second-order valence-electron chi connectivity index (χ2n) is 11.8. The summed E-state index contributed by atoms with van der Waals surface area (Å²) in [6.45, 7) is 6.78. The summed E-state index contributed by atoms with van der Waals surface area (Å²) < 4.78 is 21.8. The topological polar surface area (TPSA) is 129 Å². The molecule has 7 atom stereocenters. The van der Waals surface area contributed by atoms with Crippen molar-refractivity contribution in [2.75, 3.05) is 13.2 Å². The third-order valence-corrected chi connectivity index (χ3v) is 9.81. The summed E-state index contributed by atoms with van der Waals surface area (Å²) in [5, 5.41) is 11.7. The molecule has 0 aliphatic heterocycles. The Morgan fingerprint density at radius 2 is 1.92 bits per heavy atom. The minimum atomic E-state index is -1.73. The predicted octanol–water partition coefficient (Wildman–Crippen LogP) is 4.50. The number of fused-ring (bicyclic) bond motifs is 5. The third-order valence-electron chi connectivity index (χ3n) is 9.81. The van der Waals surface area contributed by atoms with Gasteiger partial charge in [-0.3, -0.25) is 9.59 Å². The Bertz CT molecular complexity index is 1260. The van der Waals surface area contributed by atoms with Crippen molar-refractivity contribution in [3.63, 3.8) is 0 Å². The Kier molecular flexibility index (Phi) is 6.85. The number of Topliss-reactive ketones (excluding diaryl/α,β-unsaturated/α-hetero) is 1. The highest BCUT2D eigenvalue weighted by atomic mass is 16.7. The summed E-state index contributed by atoms with van der Waals surface area (Å²) in [4.78, 5) is 51.2. The van der Waals surface area contributed by atoms with E-state index < -0.39 is 47.0 Å². The molecule has 0 spiro atoms. The van der Waals surface area contributed by atoms with Crippen molar-refractivity contribution >= 4 is 23.7 Å². The first-order chi connectivity index (χ1) is 18.4. The van der Waals surface area contributed by atoms with Gasteiger partial charge in [-0.1, -0.05) is 25.5 Å². The second kappa shape index (κ2) is 9.77. The van der Waals surface area contributed by atoms with Crippen molar-refractivity contribution in [2.24, 2.45) is 28.6 Å². The van der Waals surface area contributed by atoms with Crippen LogP contribution in [0.4, 0.5) is 4.79 Å². The fraction of sp³-hybridized carbons (Fsp3) is 0.600. The van der Waals surface area contributed by atoms with Crippen molar-refractivity contribution in [3.05, 3.63) is 47.5 Å². The molecule has 0 bridgehead atoms. The van der Waals surface area contributed by atoms with Crippen molar-refractivity contribution < 1.29 is 42.9 Å². The van der Waals surface area contributed by atoms with E-state index >= 15 is 0 Å². The number of furan rings is 1. The second-order valence-corrected chi connectivity index (χ2v) is 11.8. The molecule has 0 aromatic carbocycles. The first-order valence-corrected chi connectivity index (χ1v) is 13.7. The number of allylic oxidation sites excluding steroid dienone is 4. The van der Waals surface area contributed by atoms with Crippen molar-refractivity contribution in [3.8, 4) is 0 Å². The highest BCUT2D eigenvalue weighted by Crippen LogP contribution is 2.68. The van der Waals surface area contributed by atoms with Gasteiger partial charge < -0.3 is 23.7 Å². The molecule has 3 fully saturated rings. The Morgan fingerprint density at radius 1 is 1.15 bits per heavy atom. The summed E-state index contributed by atoms with van der Waals surface area (Å²) in [5.74, 6) is -0.949. The molecule has 4 aliphatic carbocycles. The number of rotatable bonds is 6. The molecule has 210 valence electrons. The first kappa shape index (κ1) is 27.4. The lowest BCUT2D eigenvalue weighted by molar-refractivity contribution is -0.200. The average Bonchev–Trinajstić information content (AvgIpc) is 3.44. The molecular formula is C30H36O9. The Balaban J connectivity index is 1.46. The van der Waals surface area contributed by atoms with E-state index in [0.717, 1.165) is 12.0 Å². The van der Waals surface area contributed by atoms with Gasteiger partial charge in [-0.05, 0) is 82.1 Å². The van der Waals surface area contributed by atoms with Crippen LogP contribution in [-0.2, 0) is 23.8 Å². The minimum Gasteiger partial charge on any atom is -0.458 e. The maximum absolute atomic E-state index is 13.8. The molecule has 1 heterocycles. The van der Waals surface area contributed by atoms with E-state index in [9.17, 15) is 24.3 Å². The van der Waals surface area contributed by atoms with E-state index in [1.165, 1.54) is 6.07 Å². The lowest BCUT2D eigenvalue weighted by atomic mass is 9.46. The first-order valence-electron chi connectivity index (χ1n) is 13.7. The number of hydrogen-bond donors (Lipinski definition) is 1. The highest BCUT2D eigenvalue weighted by Gasteiger charge is 2.71. The maximum atomic E-state index is 13.8. The number of esters is 1. The minimum absolute atomic E-state index is 0.0203. The zero-order valence-electron chi connectivity index (χ0n) is 22.9. The molecule has 9 nitrogen and oxygen atoms in total. The Hall–Kier alpha value is -3.20. The Labute approximate surface area is 227 Å². The van der Waals surface area contributed by atoms with Crippen LogP contribution in [0.1, 0.15) is 69.2 Å². The molecule has 39 heavy (non-hydrogen) atoms. The molecule has 1 aromatic heterocycles. The standard InChI is InChI=1S/C30H36O9/c1-5-36-27(35)39-30(26(34)37-16-23(33)24-9-6-17(2)38-24)13-11-21-20-8-7-18-14-19(31)10-12-28(18,3)25(20)22(32)15-29(21,30)4/h6,9-10,12,14,20-22,25,32H,5,7-8,11,13,15-16H2,1-4H3/t20-,21-,22-,25+,28-,29-,30-/m0/s1. The number of aliphatic hydroxyl groups is 1. The summed E-state index contributed by atoms with van der Waals surface area (Å²) >= 11 is 0. The van der Waals surface area contributed by atoms with Gasteiger partial charge in [0.2, 0.25) is 11.4 Å². The van der Waals surface area contributed by atoms with Crippen LogP contribution in [-0.4, -0.2) is 53.7 Å². The average molecular weight is 541 g/mol. The smallest absolute Gasteiger partial charge is 0.458 e. The van der Waals surface area contributed by atoms with Crippen LogP contribution < -0.4 is 0 Å². The maximum Gasteiger partial charge on any atom is 0.509 e. The van der Waals surface area contributed by atoms with Crippen LogP contribution in [0.25, 0.3) is 0 Å². The van der Waals surface area contributed by atoms with Gasteiger partial charge in [0.1, 0.15) is 5.76 Å². The predicted molar refractivity (Wildman–Crippen MR) is 138 cm³/mol. The van der Waals surface area contributed by atoms with Crippen molar-refractivity contribution in [2.45, 2.75) is 71.5 Å². The summed E-state index contributed by atoms with van der Waals surface area (Å²) in [6.07, 6.45) is 5.75. The fourth-order valence-electron chi connectivity index (χ4n) is 8.05. The number of aliphatic hydroxyl groups excluding tert-OH is 1. The molecule has 1 aromatic rings. The number of carbonyl (C=O) groups is 4. The van der Waals surface area contributed by atoms with Crippen LogP contribution in [0.3, 0.4) is 0 Å². The zero-order chi connectivity index (χ0) is 28.2. The van der Waals surface area contributed by atoms with Gasteiger partial charge in [0.05, 0.1) is 12.7 Å². The van der Waals surface area contributed by atoms with Crippen molar-refractivity contribution in [1.29, 1.82) is 0 Å². The van der Waals surface area contributed by atoms with E-state index in [2.05, 4.69) is 6.92 Å². The van der Waals surface area contributed by atoms with Gasteiger partial charge in [0, 0.05) is 16.7 Å². The summed E-state index contributed by atoms with van der Waals surface area (Å²) in [7, 11) is 0. The largest absolute Gasteiger partial charge is 0.509 e. The molecule has 4 aliphatic rings. The Morgan fingerprint density at radius 3 is 2.62 bits per heavy atom. The molecule has 0 unspecified atom stereocenters. The number of carbonyl (C=O) groups excluding carboxylic acids is 4. The summed E-state index contributed by atoms with van der Waals surface area (Å²) in [6, 6.07) is 3.16. The fourth-order valence-corrected chi connectivity index (χ4v) is 8.05. The molecular weight excluding hydrogens is 504 g/mol. The van der Waals surface area contributed by atoms with Gasteiger partial charge in [-0.2, -0.15) is 0 Å². The molecule has 0 saturated heterocycles. The normalized spacial score (nSPS) is 36.7. The van der Waals surface area contributed by atoms with Gasteiger partial charge in [-0.15, -0.1) is 0 Å². The van der Waals surface area contributed by atoms with Gasteiger partial charge in [0.15, 0.2) is 18.2 Å². The van der Waals surface area contributed by atoms with E-state index in [1.807, 2.05) is 13.0 Å². The quantitative estimate of drug-likeness (QED) is 0.409. The number of ketones is 2. The van der Waals surface area contributed by atoms with E-state index in [1.54, 1.807) is 32.1 Å². The SMILES string of the molecule is CCOC(=O)O[C@]1(C(=O)OCC(=O)c2ccc(C)o2)CC[C@H]2[C@@H]3CCC4=CC(=O)C=C[C@]4(C)[C@H]3[C@@H](O)C[C@@]21C. The monoisotopic (exact) mass is 540 g/mol. The van der Waals surface area contributed by atoms with Crippen LogP contribution in [0.5, 0.6) is 0 Å². The molecule has 3 saturated carbocycles. The van der Waals surface area contributed by atoms with Crippen LogP contribution in [0, 0.1) is 35.5 Å². The van der Waals surface area contributed by atoms with Crippen LogP contribution in [0.2, 0.25) is 0 Å². The molecule has 1 N–H and O–H groups in total. The van der Waals surface area contributed by atoms with Gasteiger partial charge in [-0.25, -0.2) is 9.59 Å². The number of ether oxygens (including phenoxy) is 3. The third kappa shape index (κ3) is 4.26. The summed E-state index contributed by atoms with van der Waals surface area (Å²) in [5.41, 5.74) is -2.14. The molecule has 0 radical (unpaired) electrons. The van der Waals surface area contributed by atoms with Crippen molar-refractivity contribution in [1.82, 2.24) is 0 Å². The van der Waals surface area contributed by atoms with Crippen LogP contribution in [0.15, 0.2) is 40.4 Å². The molecule has 0 amide bonds. The molecule has 9 heteroatoms. The van der Waals surface area contributed by atoms with Crippen LogP contribution >= 0.6 is 0 Å².